The minimum Gasteiger partial charge on any atom is -0.349 e. The molecule has 2 rings (SSSR count). The van der Waals surface area contributed by atoms with Gasteiger partial charge in [-0.25, -0.2) is 0 Å². The van der Waals surface area contributed by atoms with Crippen LogP contribution in [0.4, 0.5) is 0 Å². The number of aromatic nitrogens is 1. The Bertz CT molecular complexity index is 436. The van der Waals surface area contributed by atoms with Gasteiger partial charge in [0.2, 0.25) is 0 Å². The van der Waals surface area contributed by atoms with Crippen molar-refractivity contribution in [2.24, 2.45) is 0 Å². The van der Waals surface area contributed by atoms with E-state index < -0.39 is 0 Å². The molecule has 1 aliphatic heterocycles. The van der Waals surface area contributed by atoms with Gasteiger partial charge in [0.15, 0.2) is 0 Å². The Morgan fingerprint density at radius 2 is 2.26 bits per heavy atom. The van der Waals surface area contributed by atoms with Crippen LogP contribution in [0.1, 0.15) is 41.5 Å². The molecule has 1 fully saturated rings. The molecule has 108 valence electrons. The monoisotopic (exact) mass is 285 g/mol. The number of nitrogens with zero attached hydrogens (tertiary/aromatic N) is 1. The predicted octanol–water partition coefficient (Wildman–Crippen LogP) is 2.03. The second kappa shape index (κ2) is 6.96. The van der Waals surface area contributed by atoms with E-state index in [0.29, 0.717) is 0 Å². The van der Waals surface area contributed by atoms with Crippen LogP contribution in [-0.2, 0) is 6.54 Å². The zero-order chi connectivity index (χ0) is 13.1. The Hall–Kier alpha value is -1.00. The van der Waals surface area contributed by atoms with E-state index in [2.05, 4.69) is 29.0 Å². The molecule has 1 aliphatic rings. The second-order valence-corrected chi connectivity index (χ2v) is 5.05. The standard InChI is InChI=1S/C14H23N3O.ClH/c1-4-17-10(2)8-13(11(17)3)14(18)16-12-6-5-7-15-9-12;/h8,12,15H,4-7,9H2,1-3H3,(H,16,18);1H. The number of carbonyl (C=O) groups excluding carboxylic acids is 1. The molecule has 1 amide bonds. The van der Waals surface area contributed by atoms with Crippen LogP contribution in [0.5, 0.6) is 0 Å². The Morgan fingerprint density at radius 3 is 2.79 bits per heavy atom. The van der Waals surface area contributed by atoms with Crippen molar-refractivity contribution in [2.45, 2.75) is 46.2 Å². The number of amides is 1. The van der Waals surface area contributed by atoms with Gasteiger partial charge in [-0.05, 0) is 46.2 Å². The largest absolute Gasteiger partial charge is 0.349 e. The highest BCUT2D eigenvalue weighted by molar-refractivity contribution is 5.95. The summed E-state index contributed by atoms with van der Waals surface area (Å²) in [4.78, 5) is 12.3. The third-order valence-corrected chi connectivity index (χ3v) is 3.77. The summed E-state index contributed by atoms with van der Waals surface area (Å²) in [7, 11) is 0. The number of carbonyl (C=O) groups is 1. The van der Waals surface area contributed by atoms with Crippen LogP contribution in [0.25, 0.3) is 0 Å². The molecule has 0 spiro atoms. The lowest BCUT2D eigenvalue weighted by Crippen LogP contribution is -2.45. The first-order valence-corrected chi connectivity index (χ1v) is 6.81. The quantitative estimate of drug-likeness (QED) is 0.893. The van der Waals surface area contributed by atoms with Crippen LogP contribution in [0.15, 0.2) is 6.07 Å². The van der Waals surface area contributed by atoms with Crippen molar-refractivity contribution in [3.63, 3.8) is 0 Å². The average molecular weight is 286 g/mol. The van der Waals surface area contributed by atoms with Crippen LogP contribution in [0.2, 0.25) is 0 Å². The first-order valence-electron chi connectivity index (χ1n) is 6.81. The number of aryl methyl sites for hydroxylation is 1. The van der Waals surface area contributed by atoms with E-state index in [1.165, 1.54) is 0 Å². The SMILES string of the molecule is CCn1c(C)cc(C(=O)NC2CCCNC2)c1C.Cl. The molecule has 0 radical (unpaired) electrons. The molecule has 0 aliphatic carbocycles. The summed E-state index contributed by atoms with van der Waals surface area (Å²) in [5.41, 5.74) is 3.04. The number of hydrogen-bond acceptors (Lipinski definition) is 2. The third kappa shape index (κ3) is 3.51. The topological polar surface area (TPSA) is 46.1 Å². The van der Waals surface area contributed by atoms with Gasteiger partial charge in [-0.2, -0.15) is 0 Å². The Balaban J connectivity index is 0.00000180. The van der Waals surface area contributed by atoms with Gasteiger partial charge in [-0.15, -0.1) is 12.4 Å². The fourth-order valence-corrected chi connectivity index (χ4v) is 2.76. The smallest absolute Gasteiger partial charge is 0.253 e. The van der Waals surface area contributed by atoms with Crippen molar-refractivity contribution in [3.05, 3.63) is 23.0 Å². The second-order valence-electron chi connectivity index (χ2n) is 5.05. The van der Waals surface area contributed by atoms with Crippen molar-refractivity contribution < 1.29 is 4.79 Å². The maximum atomic E-state index is 12.3. The minimum atomic E-state index is 0. The van der Waals surface area contributed by atoms with Crippen molar-refractivity contribution >= 4 is 18.3 Å². The van der Waals surface area contributed by atoms with Crippen LogP contribution in [-0.4, -0.2) is 29.6 Å². The molecule has 0 saturated carbocycles. The van der Waals surface area contributed by atoms with Gasteiger partial charge in [0.25, 0.3) is 5.91 Å². The highest BCUT2D eigenvalue weighted by Gasteiger charge is 2.19. The van der Waals surface area contributed by atoms with E-state index in [1.807, 2.05) is 13.0 Å². The predicted molar refractivity (Wildman–Crippen MR) is 80.2 cm³/mol. The molecule has 2 heterocycles. The summed E-state index contributed by atoms with van der Waals surface area (Å²) in [5, 5.41) is 6.44. The lowest BCUT2D eigenvalue weighted by molar-refractivity contribution is 0.0930. The normalized spacial score (nSPS) is 18.8. The van der Waals surface area contributed by atoms with Gasteiger partial charge >= 0.3 is 0 Å². The Kier molecular flexibility index (Phi) is 5.88. The fourth-order valence-electron chi connectivity index (χ4n) is 2.76. The third-order valence-electron chi connectivity index (χ3n) is 3.77. The van der Waals surface area contributed by atoms with E-state index in [9.17, 15) is 4.79 Å². The van der Waals surface area contributed by atoms with Gasteiger partial charge in [0, 0.05) is 30.5 Å². The van der Waals surface area contributed by atoms with Crippen molar-refractivity contribution in [1.29, 1.82) is 0 Å². The molecule has 1 aromatic rings. The summed E-state index contributed by atoms with van der Waals surface area (Å²) in [6, 6.07) is 2.26. The van der Waals surface area contributed by atoms with Gasteiger partial charge in [-0.3, -0.25) is 4.79 Å². The van der Waals surface area contributed by atoms with E-state index >= 15 is 0 Å². The van der Waals surface area contributed by atoms with Crippen LogP contribution in [0, 0.1) is 13.8 Å². The van der Waals surface area contributed by atoms with Gasteiger partial charge < -0.3 is 15.2 Å². The zero-order valence-corrected chi connectivity index (χ0v) is 12.8. The highest BCUT2D eigenvalue weighted by Crippen LogP contribution is 2.15. The summed E-state index contributed by atoms with van der Waals surface area (Å²) >= 11 is 0. The highest BCUT2D eigenvalue weighted by atomic mass is 35.5. The number of nitrogens with one attached hydrogen (secondary N) is 2. The molecule has 1 saturated heterocycles. The van der Waals surface area contributed by atoms with Gasteiger partial charge in [0.05, 0.1) is 5.56 Å². The molecular formula is C14H24ClN3O. The van der Waals surface area contributed by atoms with E-state index in [0.717, 1.165) is 49.4 Å². The molecule has 1 aromatic heterocycles. The lowest BCUT2D eigenvalue weighted by atomic mass is 10.1. The summed E-state index contributed by atoms with van der Waals surface area (Å²) < 4.78 is 2.17. The maximum absolute atomic E-state index is 12.3. The number of hydrogen-bond donors (Lipinski definition) is 2. The van der Waals surface area contributed by atoms with E-state index in [1.54, 1.807) is 0 Å². The molecule has 19 heavy (non-hydrogen) atoms. The average Bonchev–Trinajstić information content (AvgIpc) is 2.65. The molecular weight excluding hydrogens is 262 g/mol. The summed E-state index contributed by atoms with van der Waals surface area (Å²) in [6.07, 6.45) is 2.21. The van der Waals surface area contributed by atoms with Crippen molar-refractivity contribution in [3.8, 4) is 0 Å². The molecule has 2 N–H and O–H groups in total. The first-order chi connectivity index (χ1) is 8.63. The Labute approximate surface area is 121 Å². The van der Waals surface area contributed by atoms with E-state index in [-0.39, 0.29) is 24.4 Å². The minimum absolute atomic E-state index is 0. The fraction of sp³-hybridized carbons (Fsp3) is 0.643. The number of piperidine rings is 1. The van der Waals surface area contributed by atoms with Crippen molar-refractivity contribution in [1.82, 2.24) is 15.2 Å². The van der Waals surface area contributed by atoms with Crippen LogP contribution < -0.4 is 10.6 Å². The number of halogens is 1. The molecule has 5 heteroatoms. The van der Waals surface area contributed by atoms with E-state index in [4.69, 9.17) is 0 Å². The van der Waals surface area contributed by atoms with Crippen molar-refractivity contribution in [2.75, 3.05) is 13.1 Å². The lowest BCUT2D eigenvalue weighted by Gasteiger charge is -2.23. The Morgan fingerprint density at radius 1 is 1.53 bits per heavy atom. The zero-order valence-electron chi connectivity index (χ0n) is 12.0. The summed E-state index contributed by atoms with van der Waals surface area (Å²) in [6.45, 7) is 9.04. The molecule has 0 bridgehead atoms. The van der Waals surface area contributed by atoms with Crippen LogP contribution >= 0.6 is 12.4 Å². The van der Waals surface area contributed by atoms with Gasteiger partial charge in [-0.1, -0.05) is 0 Å². The molecule has 1 unspecified atom stereocenters. The summed E-state index contributed by atoms with van der Waals surface area (Å²) in [5.74, 6) is 0.0662. The maximum Gasteiger partial charge on any atom is 0.253 e. The first kappa shape index (κ1) is 16.1. The van der Waals surface area contributed by atoms with Crippen LogP contribution in [0.3, 0.4) is 0 Å². The molecule has 1 atom stereocenters. The molecule has 0 aromatic carbocycles. The van der Waals surface area contributed by atoms with Gasteiger partial charge in [0.1, 0.15) is 0 Å². The number of rotatable bonds is 3. The molecule has 4 nitrogen and oxygen atoms in total.